The number of pyridine rings is 1. The Kier molecular flexibility index (Phi) is 8.64. The molecular weight excluding hydrogens is 562 g/mol. The molecule has 2 heterocycles. The van der Waals surface area contributed by atoms with Crippen molar-refractivity contribution in [3.05, 3.63) is 155 Å². The van der Waals surface area contributed by atoms with E-state index in [9.17, 15) is 14.4 Å². The fraction of sp³-hybridized carbons (Fsp3) is 0.135. The summed E-state index contributed by atoms with van der Waals surface area (Å²) in [5, 5.41) is 5.79. The number of urea groups is 1. The van der Waals surface area contributed by atoms with E-state index >= 15 is 0 Å². The molecule has 1 fully saturated rings. The number of hydrogen-bond donors (Lipinski definition) is 3. The number of amides is 4. The fourth-order valence-electron chi connectivity index (χ4n) is 5.73. The molecule has 8 nitrogen and oxygen atoms in total. The van der Waals surface area contributed by atoms with Gasteiger partial charge >= 0.3 is 6.03 Å². The molecule has 2 atom stereocenters. The number of rotatable bonds is 9. The van der Waals surface area contributed by atoms with Crippen molar-refractivity contribution >= 4 is 35.0 Å². The van der Waals surface area contributed by atoms with Gasteiger partial charge < -0.3 is 16.4 Å². The molecule has 0 unspecified atom stereocenters. The summed E-state index contributed by atoms with van der Waals surface area (Å²) in [7, 11) is 0. The van der Waals surface area contributed by atoms with Gasteiger partial charge in [0.05, 0.1) is 5.92 Å². The first kappa shape index (κ1) is 29.3. The van der Waals surface area contributed by atoms with Crippen LogP contribution in [-0.4, -0.2) is 33.8 Å². The second-order valence-electron chi connectivity index (χ2n) is 11.2. The van der Waals surface area contributed by atoms with Crippen molar-refractivity contribution in [1.29, 1.82) is 0 Å². The zero-order valence-electron chi connectivity index (χ0n) is 24.6. The number of nitrogens with two attached hydrogens (primary N) is 1. The number of β-lactam (4-membered cyclic amide) rings is 1. The maximum absolute atomic E-state index is 13.8. The number of nitrogens with one attached hydrogen (secondary N) is 2. The Morgan fingerprint density at radius 1 is 0.667 bits per heavy atom. The summed E-state index contributed by atoms with van der Waals surface area (Å²) in [5.74, 6) is -1.29. The first-order chi connectivity index (χ1) is 21.9. The second-order valence-corrected chi connectivity index (χ2v) is 11.2. The van der Waals surface area contributed by atoms with Crippen LogP contribution in [0.1, 0.15) is 27.8 Å². The number of nitrogen functional groups attached to an aromatic ring is 1. The summed E-state index contributed by atoms with van der Waals surface area (Å²) in [4.78, 5) is 45.8. The predicted octanol–water partition coefficient (Wildman–Crippen LogP) is 6.09. The van der Waals surface area contributed by atoms with Crippen LogP contribution >= 0.6 is 0 Å². The minimum atomic E-state index is -1.02. The number of likely N-dealkylation sites (tertiary alicyclic amines) is 1. The average molecular weight is 596 g/mol. The summed E-state index contributed by atoms with van der Waals surface area (Å²) in [6.45, 7) is 0. The van der Waals surface area contributed by atoms with Gasteiger partial charge in [0.15, 0.2) is 0 Å². The molecule has 0 aliphatic carbocycles. The molecule has 45 heavy (non-hydrogen) atoms. The van der Waals surface area contributed by atoms with Gasteiger partial charge in [-0.2, -0.15) is 0 Å². The SMILES string of the molecule is Nc1cc(C[C@H]2C(=O)N(C(=O)Nc3cccc(Cc4ccccc4)c3)[C@@H]2C(=O)Nc2cccc(Cc3ccccc3)c2)ccn1. The van der Waals surface area contributed by atoms with E-state index in [0.717, 1.165) is 32.7 Å². The summed E-state index contributed by atoms with van der Waals surface area (Å²) in [6.07, 6.45) is 3.21. The molecule has 1 aromatic heterocycles. The van der Waals surface area contributed by atoms with Gasteiger partial charge in [-0.15, -0.1) is 0 Å². The first-order valence-corrected chi connectivity index (χ1v) is 14.8. The molecule has 0 spiro atoms. The van der Waals surface area contributed by atoms with Gasteiger partial charge in [0.25, 0.3) is 0 Å². The quantitative estimate of drug-likeness (QED) is 0.178. The molecule has 1 aliphatic rings. The number of anilines is 3. The van der Waals surface area contributed by atoms with Gasteiger partial charge in [-0.3, -0.25) is 14.5 Å². The molecule has 6 rings (SSSR count). The van der Waals surface area contributed by atoms with E-state index in [-0.39, 0.29) is 6.42 Å². The van der Waals surface area contributed by atoms with Crippen LogP contribution in [0.15, 0.2) is 128 Å². The fourth-order valence-corrected chi connectivity index (χ4v) is 5.73. The molecule has 0 bridgehead atoms. The number of aromatic nitrogens is 1. The van der Waals surface area contributed by atoms with Crippen LogP contribution < -0.4 is 16.4 Å². The van der Waals surface area contributed by atoms with Gasteiger partial charge in [0, 0.05) is 17.6 Å². The third-order valence-corrected chi connectivity index (χ3v) is 7.88. The van der Waals surface area contributed by atoms with E-state index in [1.807, 2.05) is 84.9 Å². The van der Waals surface area contributed by atoms with Crippen LogP contribution in [0.4, 0.5) is 22.0 Å². The molecule has 8 heteroatoms. The lowest BCUT2D eigenvalue weighted by molar-refractivity contribution is -0.155. The van der Waals surface area contributed by atoms with Crippen LogP contribution in [0.25, 0.3) is 0 Å². The van der Waals surface area contributed by atoms with Crippen molar-refractivity contribution in [3.8, 4) is 0 Å². The minimum Gasteiger partial charge on any atom is -0.384 e. The maximum Gasteiger partial charge on any atom is 0.329 e. The second kappa shape index (κ2) is 13.3. The van der Waals surface area contributed by atoms with Crippen molar-refractivity contribution in [2.75, 3.05) is 16.4 Å². The molecule has 224 valence electrons. The summed E-state index contributed by atoms with van der Waals surface area (Å²) >= 11 is 0. The third-order valence-electron chi connectivity index (χ3n) is 7.88. The van der Waals surface area contributed by atoms with Crippen molar-refractivity contribution in [2.45, 2.75) is 25.3 Å². The Labute approximate surface area is 261 Å². The molecule has 0 radical (unpaired) electrons. The van der Waals surface area contributed by atoms with Crippen LogP contribution in [0.5, 0.6) is 0 Å². The van der Waals surface area contributed by atoms with Crippen LogP contribution in [-0.2, 0) is 28.9 Å². The number of hydrogen-bond acceptors (Lipinski definition) is 5. The minimum absolute atomic E-state index is 0.244. The highest BCUT2D eigenvalue weighted by atomic mass is 16.2. The van der Waals surface area contributed by atoms with E-state index in [0.29, 0.717) is 30.0 Å². The topological polar surface area (TPSA) is 117 Å². The molecule has 4 aromatic carbocycles. The third kappa shape index (κ3) is 7.08. The zero-order valence-corrected chi connectivity index (χ0v) is 24.6. The number of carbonyl (C=O) groups excluding carboxylic acids is 3. The Bertz CT molecular complexity index is 1830. The molecular formula is C37H33N5O3. The van der Waals surface area contributed by atoms with Gasteiger partial charge in [-0.25, -0.2) is 9.78 Å². The largest absolute Gasteiger partial charge is 0.384 e. The Morgan fingerprint density at radius 3 is 1.80 bits per heavy atom. The maximum atomic E-state index is 13.8. The van der Waals surface area contributed by atoms with Gasteiger partial charge in [-0.1, -0.05) is 84.9 Å². The van der Waals surface area contributed by atoms with Crippen molar-refractivity contribution < 1.29 is 14.4 Å². The highest BCUT2D eigenvalue weighted by Crippen LogP contribution is 2.32. The van der Waals surface area contributed by atoms with E-state index in [1.165, 1.54) is 0 Å². The lowest BCUT2D eigenvalue weighted by Gasteiger charge is -2.44. The lowest BCUT2D eigenvalue weighted by atomic mass is 9.82. The number of nitrogens with zero attached hydrogens (tertiary/aromatic N) is 2. The number of benzene rings is 4. The average Bonchev–Trinajstić information content (AvgIpc) is 3.03. The van der Waals surface area contributed by atoms with Crippen LogP contribution in [0.2, 0.25) is 0 Å². The van der Waals surface area contributed by atoms with Crippen molar-refractivity contribution in [3.63, 3.8) is 0 Å². The summed E-state index contributed by atoms with van der Waals surface area (Å²) in [6, 6.07) is 36.9. The van der Waals surface area contributed by atoms with Crippen LogP contribution in [0.3, 0.4) is 0 Å². The molecule has 4 N–H and O–H groups in total. The molecule has 4 amide bonds. The molecule has 1 aliphatic heterocycles. The predicted molar refractivity (Wildman–Crippen MR) is 176 cm³/mol. The van der Waals surface area contributed by atoms with Gasteiger partial charge in [0.1, 0.15) is 11.9 Å². The summed E-state index contributed by atoms with van der Waals surface area (Å²) < 4.78 is 0. The highest BCUT2D eigenvalue weighted by Gasteiger charge is 2.54. The number of carbonyl (C=O) groups is 3. The standard InChI is InChI=1S/C37H33N5O3/c38-33-24-29(17-18-39-33)23-32-34(35(43)40-30-15-7-13-27(21-30)19-25-9-3-1-4-10-25)42(36(32)44)37(45)41-31-16-8-14-28(22-31)20-26-11-5-2-6-12-26/h1-18,21-22,24,32,34H,19-20,23H2,(H2,38,39)(H,40,43)(H,41,45)/t32-,34+/m1/s1. The van der Waals surface area contributed by atoms with Crippen molar-refractivity contribution in [2.24, 2.45) is 5.92 Å². The molecule has 1 saturated heterocycles. The monoisotopic (exact) mass is 595 g/mol. The zero-order chi connectivity index (χ0) is 31.2. The van der Waals surface area contributed by atoms with E-state index in [2.05, 4.69) is 27.8 Å². The Morgan fingerprint density at radius 2 is 1.22 bits per heavy atom. The Hall–Kier alpha value is -5.76. The Balaban J connectivity index is 1.20. The smallest absolute Gasteiger partial charge is 0.329 e. The van der Waals surface area contributed by atoms with Crippen LogP contribution in [0, 0.1) is 5.92 Å². The summed E-state index contributed by atoms with van der Waals surface area (Å²) in [5.41, 5.74) is 12.1. The molecule has 5 aromatic rings. The molecule has 0 saturated carbocycles. The number of imide groups is 1. The van der Waals surface area contributed by atoms with Gasteiger partial charge in [0.2, 0.25) is 11.8 Å². The van der Waals surface area contributed by atoms with E-state index < -0.39 is 29.8 Å². The first-order valence-electron chi connectivity index (χ1n) is 14.8. The van der Waals surface area contributed by atoms with E-state index in [1.54, 1.807) is 30.5 Å². The lowest BCUT2D eigenvalue weighted by Crippen LogP contribution is -2.68. The highest BCUT2D eigenvalue weighted by molar-refractivity contribution is 6.14. The normalized spacial score (nSPS) is 15.6. The van der Waals surface area contributed by atoms with Gasteiger partial charge in [-0.05, 0) is 83.5 Å². The van der Waals surface area contributed by atoms with E-state index in [4.69, 9.17) is 5.73 Å². The van der Waals surface area contributed by atoms with Crippen molar-refractivity contribution in [1.82, 2.24) is 9.88 Å².